The molecule has 2 fully saturated rings. The van der Waals surface area contributed by atoms with E-state index in [9.17, 15) is 9.59 Å². The van der Waals surface area contributed by atoms with Crippen LogP contribution in [0, 0.1) is 0 Å². The molecule has 27 heavy (non-hydrogen) atoms. The van der Waals surface area contributed by atoms with Gasteiger partial charge in [-0.3, -0.25) is 4.79 Å². The molecule has 1 saturated heterocycles. The maximum absolute atomic E-state index is 12.7. The average molecular weight is 373 g/mol. The van der Waals surface area contributed by atoms with E-state index >= 15 is 0 Å². The van der Waals surface area contributed by atoms with Crippen LogP contribution in [-0.4, -0.2) is 67.6 Å². The molecule has 6 nitrogen and oxygen atoms in total. The number of amides is 3. The Kier molecular flexibility index (Phi) is 6.58. The van der Waals surface area contributed by atoms with Crippen LogP contribution in [0.5, 0.6) is 0 Å². The molecule has 0 bridgehead atoms. The first kappa shape index (κ1) is 19.5. The molecule has 3 rings (SSSR count). The van der Waals surface area contributed by atoms with Crippen molar-refractivity contribution in [2.24, 2.45) is 0 Å². The summed E-state index contributed by atoms with van der Waals surface area (Å²) >= 11 is 0. The fourth-order valence-corrected chi connectivity index (χ4v) is 3.85. The fourth-order valence-electron chi connectivity index (χ4n) is 3.85. The molecule has 6 heteroatoms. The Morgan fingerprint density at radius 2 is 1.59 bits per heavy atom. The van der Waals surface area contributed by atoms with Crippen molar-refractivity contribution in [3.63, 3.8) is 0 Å². The molecule has 1 heterocycles. The molecule has 0 spiro atoms. The van der Waals surface area contributed by atoms with E-state index in [0.29, 0.717) is 37.8 Å². The molecular formula is C21H32N4O2. The van der Waals surface area contributed by atoms with Crippen LogP contribution >= 0.6 is 0 Å². The highest BCUT2D eigenvalue weighted by molar-refractivity contribution is 5.94. The van der Waals surface area contributed by atoms with Crippen LogP contribution in [0.4, 0.5) is 10.5 Å². The number of hydrogen-bond donors (Lipinski definition) is 1. The van der Waals surface area contributed by atoms with Gasteiger partial charge in [0.25, 0.3) is 5.91 Å². The van der Waals surface area contributed by atoms with E-state index < -0.39 is 0 Å². The van der Waals surface area contributed by atoms with E-state index in [1.807, 2.05) is 41.1 Å². The van der Waals surface area contributed by atoms with Crippen LogP contribution in [0.25, 0.3) is 0 Å². The number of carbonyl (C=O) groups excluding carboxylic acids is 2. The van der Waals surface area contributed by atoms with Crippen LogP contribution < -0.4 is 10.2 Å². The van der Waals surface area contributed by atoms with Crippen LogP contribution in [0.15, 0.2) is 24.3 Å². The summed E-state index contributed by atoms with van der Waals surface area (Å²) in [7, 11) is 2.04. The second kappa shape index (κ2) is 9.11. The third kappa shape index (κ3) is 4.93. The van der Waals surface area contributed by atoms with Gasteiger partial charge in [0, 0.05) is 57.1 Å². The SMILES string of the molecule is CCN(C)c1ccc(C(=O)N2CCN(C(=O)NC3CCCCC3)CC2)cc1. The van der Waals surface area contributed by atoms with E-state index in [4.69, 9.17) is 0 Å². The molecule has 1 aromatic rings. The summed E-state index contributed by atoms with van der Waals surface area (Å²) in [5, 5.41) is 3.17. The number of hydrogen-bond acceptors (Lipinski definition) is 3. The molecule has 1 aliphatic carbocycles. The Morgan fingerprint density at radius 1 is 1.00 bits per heavy atom. The molecule has 2 aliphatic rings. The standard InChI is InChI=1S/C21H32N4O2/c1-3-23(2)19-11-9-17(10-12-19)20(26)24-13-15-25(16-14-24)21(27)22-18-7-5-4-6-8-18/h9-12,18H,3-8,13-16H2,1-2H3,(H,22,27). The summed E-state index contributed by atoms with van der Waals surface area (Å²) in [5.74, 6) is 0.0491. The topological polar surface area (TPSA) is 55.9 Å². The third-order valence-electron chi connectivity index (χ3n) is 5.82. The van der Waals surface area contributed by atoms with Crippen molar-refractivity contribution < 1.29 is 9.59 Å². The van der Waals surface area contributed by atoms with Crippen molar-refractivity contribution in [3.8, 4) is 0 Å². The number of nitrogens with one attached hydrogen (secondary N) is 1. The molecule has 0 atom stereocenters. The summed E-state index contributed by atoms with van der Waals surface area (Å²) in [6.07, 6.45) is 5.88. The highest BCUT2D eigenvalue weighted by atomic mass is 16.2. The van der Waals surface area contributed by atoms with E-state index in [1.54, 1.807) is 0 Å². The predicted octanol–water partition coefficient (Wildman–Crippen LogP) is 2.94. The van der Waals surface area contributed by atoms with E-state index in [2.05, 4.69) is 17.1 Å². The Balaban J connectivity index is 1.49. The lowest BCUT2D eigenvalue weighted by Crippen LogP contribution is -2.54. The minimum atomic E-state index is 0.0287. The largest absolute Gasteiger partial charge is 0.375 e. The number of carbonyl (C=O) groups is 2. The zero-order chi connectivity index (χ0) is 19.2. The van der Waals surface area contributed by atoms with Gasteiger partial charge in [0.05, 0.1) is 0 Å². The van der Waals surface area contributed by atoms with Gasteiger partial charge in [0.15, 0.2) is 0 Å². The van der Waals surface area contributed by atoms with Crippen molar-refractivity contribution >= 4 is 17.6 Å². The van der Waals surface area contributed by atoms with Crippen LogP contribution in [0.3, 0.4) is 0 Å². The minimum absolute atomic E-state index is 0.0287. The highest BCUT2D eigenvalue weighted by Gasteiger charge is 2.26. The van der Waals surface area contributed by atoms with Crippen LogP contribution in [0.1, 0.15) is 49.4 Å². The smallest absolute Gasteiger partial charge is 0.317 e. The first-order valence-electron chi connectivity index (χ1n) is 10.2. The molecule has 0 unspecified atom stereocenters. The predicted molar refractivity (Wildman–Crippen MR) is 108 cm³/mol. The van der Waals surface area contributed by atoms with Gasteiger partial charge in [-0.15, -0.1) is 0 Å². The van der Waals surface area contributed by atoms with Gasteiger partial charge < -0.3 is 20.0 Å². The molecule has 1 aliphatic heterocycles. The Bertz CT molecular complexity index is 632. The van der Waals surface area contributed by atoms with Gasteiger partial charge in [0.2, 0.25) is 0 Å². The summed E-state index contributed by atoms with van der Waals surface area (Å²) in [6.45, 7) is 5.41. The summed E-state index contributed by atoms with van der Waals surface area (Å²) < 4.78 is 0. The first-order chi connectivity index (χ1) is 13.1. The fraction of sp³-hybridized carbons (Fsp3) is 0.619. The van der Waals surface area contributed by atoms with Gasteiger partial charge in [0.1, 0.15) is 0 Å². The second-order valence-electron chi connectivity index (χ2n) is 7.62. The highest BCUT2D eigenvalue weighted by Crippen LogP contribution is 2.18. The zero-order valence-electron chi connectivity index (χ0n) is 16.6. The lowest BCUT2D eigenvalue weighted by molar-refractivity contribution is 0.0662. The van der Waals surface area contributed by atoms with Crippen LogP contribution in [0.2, 0.25) is 0 Å². The monoisotopic (exact) mass is 372 g/mol. The second-order valence-corrected chi connectivity index (χ2v) is 7.62. The first-order valence-corrected chi connectivity index (χ1v) is 10.2. The molecule has 1 saturated carbocycles. The Hall–Kier alpha value is -2.24. The van der Waals surface area contributed by atoms with Gasteiger partial charge in [-0.2, -0.15) is 0 Å². The lowest BCUT2D eigenvalue weighted by atomic mass is 9.96. The van der Waals surface area contributed by atoms with Crippen molar-refractivity contribution in [1.29, 1.82) is 0 Å². The number of benzene rings is 1. The molecular weight excluding hydrogens is 340 g/mol. The maximum Gasteiger partial charge on any atom is 0.317 e. The summed E-state index contributed by atoms with van der Waals surface area (Å²) in [4.78, 5) is 31.0. The number of urea groups is 1. The minimum Gasteiger partial charge on any atom is -0.375 e. The molecule has 3 amide bonds. The van der Waals surface area contributed by atoms with Crippen molar-refractivity contribution in [2.75, 3.05) is 44.7 Å². The summed E-state index contributed by atoms with van der Waals surface area (Å²) in [5.41, 5.74) is 1.82. The summed E-state index contributed by atoms with van der Waals surface area (Å²) in [6, 6.07) is 8.12. The molecule has 1 N–H and O–H groups in total. The molecule has 1 aromatic carbocycles. The zero-order valence-corrected chi connectivity index (χ0v) is 16.6. The number of nitrogens with zero attached hydrogens (tertiary/aromatic N) is 3. The maximum atomic E-state index is 12.7. The van der Waals surface area contributed by atoms with E-state index in [1.165, 1.54) is 19.3 Å². The number of anilines is 1. The average Bonchev–Trinajstić information content (AvgIpc) is 2.73. The quantitative estimate of drug-likeness (QED) is 0.884. The van der Waals surface area contributed by atoms with Gasteiger partial charge in [-0.25, -0.2) is 4.79 Å². The van der Waals surface area contributed by atoms with Crippen molar-refractivity contribution in [2.45, 2.75) is 45.1 Å². The van der Waals surface area contributed by atoms with E-state index in [0.717, 1.165) is 25.1 Å². The number of rotatable bonds is 4. The van der Waals surface area contributed by atoms with E-state index in [-0.39, 0.29) is 11.9 Å². The third-order valence-corrected chi connectivity index (χ3v) is 5.82. The normalized spacial score (nSPS) is 18.3. The molecule has 0 aromatic heterocycles. The van der Waals surface area contributed by atoms with Crippen molar-refractivity contribution in [1.82, 2.24) is 15.1 Å². The Morgan fingerprint density at radius 3 is 2.19 bits per heavy atom. The molecule has 148 valence electrons. The Labute approximate surface area is 162 Å². The number of piperazine rings is 1. The van der Waals surface area contributed by atoms with Crippen molar-refractivity contribution in [3.05, 3.63) is 29.8 Å². The molecule has 0 radical (unpaired) electrons. The van der Waals surface area contributed by atoms with Gasteiger partial charge in [-0.05, 0) is 44.0 Å². The van der Waals surface area contributed by atoms with Crippen LogP contribution in [-0.2, 0) is 0 Å². The van der Waals surface area contributed by atoms with Gasteiger partial charge in [-0.1, -0.05) is 19.3 Å². The lowest BCUT2D eigenvalue weighted by Gasteiger charge is -2.36. The van der Waals surface area contributed by atoms with Gasteiger partial charge >= 0.3 is 6.03 Å².